The molecule has 342 valence electrons. The van der Waals surface area contributed by atoms with Gasteiger partial charge in [0.1, 0.15) is 32.9 Å². The van der Waals surface area contributed by atoms with E-state index in [1.807, 2.05) is 51.1 Å². The van der Waals surface area contributed by atoms with Crippen molar-refractivity contribution in [1.29, 1.82) is 0 Å². The van der Waals surface area contributed by atoms with Crippen molar-refractivity contribution in [2.24, 2.45) is 23.7 Å². The van der Waals surface area contributed by atoms with Gasteiger partial charge in [-0.1, -0.05) is 97.1 Å². The van der Waals surface area contributed by atoms with Crippen LogP contribution in [-0.2, 0) is 63.3 Å². The van der Waals surface area contributed by atoms with E-state index in [-0.39, 0.29) is 24.6 Å². The molecule has 16 heteroatoms. The molecule has 0 saturated heterocycles. The normalized spacial score (nSPS) is 25.3. The molecule has 2 saturated carbocycles. The van der Waals surface area contributed by atoms with Crippen LogP contribution in [0.2, 0.25) is 0 Å². The van der Waals surface area contributed by atoms with Crippen molar-refractivity contribution in [3.63, 3.8) is 0 Å². The van der Waals surface area contributed by atoms with E-state index in [4.69, 9.17) is 22.6 Å². The lowest BCUT2D eigenvalue weighted by atomic mass is 9.79. The molecule has 0 spiro atoms. The topological polar surface area (TPSA) is 166 Å². The summed E-state index contributed by atoms with van der Waals surface area (Å²) in [5, 5.41) is -2.24. The molecule has 0 heterocycles. The second-order valence-electron chi connectivity index (χ2n) is 17.7. The molecule has 3 rings (SSSR count). The van der Waals surface area contributed by atoms with Gasteiger partial charge in [-0.25, -0.2) is 0 Å². The Hall–Kier alpha value is -1.11. The van der Waals surface area contributed by atoms with Crippen LogP contribution in [0.3, 0.4) is 0 Å². The minimum atomic E-state index is -4.17. The van der Waals surface area contributed by atoms with Crippen molar-refractivity contribution in [1.82, 2.24) is 0 Å². The highest BCUT2D eigenvalue weighted by atomic mass is 32.2. The second-order valence-corrected chi connectivity index (χ2v) is 26.2. The molecule has 0 N–H and O–H groups in total. The highest BCUT2D eigenvalue weighted by molar-refractivity contribution is 7.87. The van der Waals surface area contributed by atoms with Gasteiger partial charge in [-0.2, -0.15) is 16.8 Å². The van der Waals surface area contributed by atoms with Crippen molar-refractivity contribution >= 4 is 41.8 Å². The molecule has 0 aliphatic heterocycles. The second kappa shape index (κ2) is 24.1. The first-order valence-electron chi connectivity index (χ1n) is 22.1. The molecular formula is C43H76O12P2S2. The van der Waals surface area contributed by atoms with Gasteiger partial charge in [-0.05, 0) is 109 Å². The first-order valence-corrected chi connectivity index (χ1v) is 28.3. The number of unbranched alkanes of at least 4 members (excludes halogenated alkanes) is 3. The van der Waals surface area contributed by atoms with Crippen LogP contribution in [0.25, 0.3) is 0 Å². The van der Waals surface area contributed by atoms with Crippen LogP contribution in [0.4, 0.5) is 0 Å². The molecule has 2 fully saturated rings. The van der Waals surface area contributed by atoms with Crippen LogP contribution in [0.15, 0.2) is 30.3 Å². The zero-order valence-electron chi connectivity index (χ0n) is 37.2. The van der Waals surface area contributed by atoms with Gasteiger partial charge < -0.3 is 23.3 Å². The number of benzene rings is 1. The largest absolute Gasteiger partial charge is 0.461 e. The molecule has 1 aromatic carbocycles. The Morgan fingerprint density at radius 2 is 1.14 bits per heavy atom. The maximum Gasteiger partial charge on any atom is 0.309 e. The molecule has 0 amide bonds. The van der Waals surface area contributed by atoms with Gasteiger partial charge in [0.25, 0.3) is 20.2 Å². The van der Waals surface area contributed by atoms with Crippen LogP contribution >= 0.6 is 15.6 Å². The fourth-order valence-electron chi connectivity index (χ4n) is 8.18. The fraction of sp³-hybridized carbons (Fsp3) is 0.837. The van der Waals surface area contributed by atoms with Crippen LogP contribution in [0, 0.1) is 23.7 Å². The van der Waals surface area contributed by atoms with Crippen molar-refractivity contribution < 1.29 is 53.3 Å². The Morgan fingerprint density at radius 3 is 1.58 bits per heavy atom. The van der Waals surface area contributed by atoms with Crippen LogP contribution in [0.1, 0.15) is 158 Å². The predicted molar refractivity (Wildman–Crippen MR) is 236 cm³/mol. The Balaban J connectivity index is 1.41. The van der Waals surface area contributed by atoms with Gasteiger partial charge in [-0.15, -0.1) is 0 Å². The molecule has 2 aliphatic rings. The zero-order chi connectivity index (χ0) is 44.0. The molecule has 2 aliphatic carbocycles. The minimum absolute atomic E-state index is 0.0805. The summed E-state index contributed by atoms with van der Waals surface area (Å²) in [5.74, 6) is 0.0875. The van der Waals surface area contributed by atoms with Crippen LogP contribution in [-0.4, -0.2) is 68.9 Å². The predicted octanol–water partition coefficient (Wildman–Crippen LogP) is 10.5. The Kier molecular flexibility index (Phi) is 21.3. The summed E-state index contributed by atoms with van der Waals surface area (Å²) in [4.78, 5) is 12.8. The van der Waals surface area contributed by atoms with E-state index in [1.165, 1.54) is 13.8 Å². The summed E-state index contributed by atoms with van der Waals surface area (Å²) >= 11 is 0. The first kappa shape index (κ1) is 52.2. The molecule has 0 bridgehead atoms. The summed E-state index contributed by atoms with van der Waals surface area (Å²) in [6.07, 6.45) is 9.22. The molecule has 12 nitrogen and oxygen atoms in total. The highest BCUT2D eigenvalue weighted by Gasteiger charge is 2.41. The Morgan fingerprint density at radius 1 is 0.695 bits per heavy atom. The van der Waals surface area contributed by atoms with Gasteiger partial charge in [0.05, 0.1) is 18.1 Å². The molecular weight excluding hydrogens is 835 g/mol. The summed E-state index contributed by atoms with van der Waals surface area (Å²) in [5.41, 5.74) is -1.68. The molecule has 59 heavy (non-hydrogen) atoms. The maximum absolute atomic E-state index is 13.6. The quantitative estimate of drug-likeness (QED) is 0.0374. The lowest BCUT2D eigenvalue weighted by molar-refractivity contribution is -0.152. The number of carbonyl (C=O) groups excluding carboxylic acids is 1. The highest BCUT2D eigenvalue weighted by Crippen LogP contribution is 2.47. The number of hydrogen-bond acceptors (Lipinski definition) is 12. The van der Waals surface area contributed by atoms with Crippen LogP contribution in [0.5, 0.6) is 0 Å². The molecule has 1 aromatic rings. The van der Waals surface area contributed by atoms with E-state index < -0.39 is 69.4 Å². The average Bonchev–Trinajstić information content (AvgIpc) is 3.20. The van der Waals surface area contributed by atoms with E-state index in [1.54, 1.807) is 13.8 Å². The number of esters is 1. The van der Waals surface area contributed by atoms with Crippen molar-refractivity contribution in [3.05, 3.63) is 35.9 Å². The summed E-state index contributed by atoms with van der Waals surface area (Å²) in [6, 6.07) is 9.45. The third-order valence-corrected chi connectivity index (χ3v) is 20.7. The Labute approximate surface area is 358 Å². The lowest BCUT2D eigenvalue weighted by Crippen LogP contribution is -2.38. The number of ether oxygens (including phenoxy) is 3. The monoisotopic (exact) mass is 910 g/mol. The van der Waals surface area contributed by atoms with Gasteiger partial charge in [0.15, 0.2) is 10.9 Å². The average molecular weight is 911 g/mol. The summed E-state index contributed by atoms with van der Waals surface area (Å²) in [7, 11) is -12.9. The van der Waals surface area contributed by atoms with E-state index in [0.717, 1.165) is 44.1 Å². The van der Waals surface area contributed by atoms with Crippen molar-refractivity contribution in [2.75, 3.05) is 12.3 Å². The maximum atomic E-state index is 13.6. The molecule has 11 unspecified atom stereocenters. The fourth-order valence-corrected chi connectivity index (χ4v) is 14.0. The third kappa shape index (κ3) is 16.2. The van der Waals surface area contributed by atoms with Crippen molar-refractivity contribution in [2.45, 2.75) is 193 Å². The van der Waals surface area contributed by atoms with E-state index >= 15 is 0 Å². The van der Waals surface area contributed by atoms with Crippen molar-refractivity contribution in [3.8, 4) is 0 Å². The summed E-state index contributed by atoms with van der Waals surface area (Å²) < 4.78 is 109. The van der Waals surface area contributed by atoms with Gasteiger partial charge in [-0.3, -0.25) is 13.2 Å². The number of rotatable bonds is 26. The molecule has 0 radical (unpaired) electrons. The smallest absolute Gasteiger partial charge is 0.309 e. The van der Waals surface area contributed by atoms with E-state index in [2.05, 4.69) is 13.8 Å². The SMILES string of the molecule is CCC(C)(OC(C)S(=O)(=O)OC1CCCC(C(C)C)C1)[PH](=O)CCCCCC[PH](=O)C(C)(CC)OC(C)S(=O)(=O)OC1CCCC(C(C)C(=O)OCc2ccccc2)C1. The number of carbonyl (C=O) groups is 1. The van der Waals surface area contributed by atoms with Gasteiger partial charge >= 0.3 is 5.97 Å². The molecule has 0 aromatic heterocycles. The zero-order valence-corrected chi connectivity index (χ0v) is 40.9. The van der Waals surface area contributed by atoms with E-state index in [0.29, 0.717) is 75.5 Å². The standard InChI is InChI=1S/C43H76O12P2S2/c1-10-42(8,52-34(6)58(47,48)54-39-25-19-23-37(29-39)32(3)4)56(45)27-17-12-13-18-28-57(46)43(9,11-2)53-35(7)59(49,50)55-40-26-20-24-38(30-40)33(5)41(44)51-31-36-21-15-14-16-22-36/h14-16,21-22,32-35,37-40,56-57H,10-13,17-20,23-31H2,1-9H3. The van der Waals surface area contributed by atoms with Crippen LogP contribution < -0.4 is 0 Å². The minimum Gasteiger partial charge on any atom is -0.461 e. The van der Waals surface area contributed by atoms with Gasteiger partial charge in [0, 0.05) is 12.3 Å². The van der Waals surface area contributed by atoms with Gasteiger partial charge in [0.2, 0.25) is 0 Å². The molecule has 11 atom stereocenters. The summed E-state index contributed by atoms with van der Waals surface area (Å²) in [6.45, 7) is 16.3. The number of hydrogen-bond donors (Lipinski definition) is 0. The first-order chi connectivity index (χ1) is 27.7. The Bertz CT molecular complexity index is 1710. The lowest BCUT2D eigenvalue weighted by Gasteiger charge is -2.34. The van der Waals surface area contributed by atoms with E-state index in [9.17, 15) is 30.8 Å². The third-order valence-electron chi connectivity index (χ3n) is 12.9.